The Morgan fingerprint density at radius 1 is 1.19 bits per heavy atom. The summed E-state index contributed by atoms with van der Waals surface area (Å²) >= 11 is 9.17. The smallest absolute Gasteiger partial charge is 0.200 e. The van der Waals surface area contributed by atoms with Crippen molar-refractivity contribution in [2.75, 3.05) is 0 Å². The minimum Gasteiger partial charge on any atom is -0.200 e. The van der Waals surface area contributed by atoms with Crippen LogP contribution in [0.4, 0.5) is 0 Å². The molecule has 1 N–H and O–H groups in total. The fraction of sp³-hybridized carbons (Fsp3) is 0.0714. The van der Waals surface area contributed by atoms with Crippen LogP contribution in [0.15, 0.2) is 56.9 Å². The Kier molecular flexibility index (Phi) is 5.03. The molecule has 0 spiro atoms. The number of hydrazone groups is 1. The lowest BCUT2D eigenvalue weighted by Gasteiger charge is -2.03. The van der Waals surface area contributed by atoms with E-state index in [1.54, 1.807) is 30.3 Å². The number of benzene rings is 2. The first-order chi connectivity index (χ1) is 9.88. The Balaban J connectivity index is 2.12. The molecule has 0 heterocycles. The number of halogens is 2. The van der Waals surface area contributed by atoms with Crippen LogP contribution in [0.2, 0.25) is 5.02 Å². The molecule has 0 atom stereocenters. The second-order valence-electron chi connectivity index (χ2n) is 4.34. The van der Waals surface area contributed by atoms with Gasteiger partial charge in [0.05, 0.1) is 16.1 Å². The number of aryl methyl sites for hydroxylation is 1. The summed E-state index contributed by atoms with van der Waals surface area (Å²) in [5.74, 6) is 0. The number of nitrogens with zero attached hydrogens (tertiary/aromatic N) is 1. The minimum atomic E-state index is -3.65. The topological polar surface area (TPSA) is 58.5 Å². The summed E-state index contributed by atoms with van der Waals surface area (Å²) in [6, 6.07) is 11.7. The Morgan fingerprint density at radius 3 is 2.48 bits per heavy atom. The number of hydrogen-bond acceptors (Lipinski definition) is 3. The predicted molar refractivity (Wildman–Crippen MR) is 88.2 cm³/mol. The first kappa shape index (κ1) is 16.0. The van der Waals surface area contributed by atoms with Crippen LogP contribution in [-0.2, 0) is 10.0 Å². The highest BCUT2D eigenvalue weighted by Gasteiger charge is 2.11. The number of nitrogens with one attached hydrogen (secondary N) is 1. The van der Waals surface area contributed by atoms with Crippen molar-refractivity contribution in [2.45, 2.75) is 11.8 Å². The zero-order chi connectivity index (χ0) is 15.5. The van der Waals surface area contributed by atoms with Gasteiger partial charge in [-0.3, -0.25) is 0 Å². The van der Waals surface area contributed by atoms with Crippen molar-refractivity contribution in [3.05, 3.63) is 63.1 Å². The summed E-state index contributed by atoms with van der Waals surface area (Å²) in [5.41, 5.74) is 1.71. The lowest BCUT2D eigenvalue weighted by atomic mass is 10.2. The van der Waals surface area contributed by atoms with Gasteiger partial charge in [0.1, 0.15) is 0 Å². The van der Waals surface area contributed by atoms with Gasteiger partial charge < -0.3 is 0 Å². The Bertz CT molecular complexity index is 774. The maximum absolute atomic E-state index is 12.0. The summed E-state index contributed by atoms with van der Waals surface area (Å²) in [5, 5.41) is 4.33. The van der Waals surface area contributed by atoms with E-state index in [1.165, 1.54) is 18.3 Å². The van der Waals surface area contributed by atoms with Crippen molar-refractivity contribution in [3.63, 3.8) is 0 Å². The molecule has 0 radical (unpaired) electrons. The third-order valence-electron chi connectivity index (χ3n) is 2.66. The van der Waals surface area contributed by atoms with Crippen LogP contribution in [0.3, 0.4) is 0 Å². The molecule has 0 aliphatic rings. The van der Waals surface area contributed by atoms with Gasteiger partial charge in [-0.15, -0.1) is 0 Å². The molecule has 0 aliphatic carbocycles. The standard InChI is InChI=1S/C14H12BrClN2O2S/c1-10-2-5-12(6-3-10)21(19,20)18-17-9-11-4-7-14(16)13(15)8-11/h2-9,18H,1H3/b17-9+. The molecule has 2 aromatic carbocycles. The first-order valence-electron chi connectivity index (χ1n) is 5.95. The quantitative estimate of drug-likeness (QED) is 0.642. The maximum Gasteiger partial charge on any atom is 0.276 e. The van der Waals surface area contributed by atoms with E-state index in [4.69, 9.17) is 11.6 Å². The zero-order valence-electron chi connectivity index (χ0n) is 11.0. The van der Waals surface area contributed by atoms with Crippen LogP contribution < -0.4 is 4.83 Å². The molecule has 0 fully saturated rings. The van der Waals surface area contributed by atoms with Crippen LogP contribution in [-0.4, -0.2) is 14.6 Å². The molecular formula is C14H12BrClN2O2S. The van der Waals surface area contributed by atoms with Crippen LogP contribution >= 0.6 is 27.5 Å². The molecule has 0 amide bonds. The van der Waals surface area contributed by atoms with E-state index >= 15 is 0 Å². The minimum absolute atomic E-state index is 0.169. The van der Waals surface area contributed by atoms with E-state index in [0.29, 0.717) is 5.02 Å². The molecule has 0 unspecified atom stereocenters. The van der Waals surface area contributed by atoms with Crippen LogP contribution in [0.5, 0.6) is 0 Å². The first-order valence-corrected chi connectivity index (χ1v) is 8.60. The monoisotopic (exact) mass is 386 g/mol. The molecular weight excluding hydrogens is 376 g/mol. The predicted octanol–water partition coefficient (Wildman–Crippen LogP) is 3.72. The average Bonchev–Trinajstić information content (AvgIpc) is 2.43. The highest BCUT2D eigenvalue weighted by atomic mass is 79.9. The maximum atomic E-state index is 12.0. The van der Waals surface area contributed by atoms with E-state index in [2.05, 4.69) is 25.9 Å². The van der Waals surface area contributed by atoms with E-state index < -0.39 is 10.0 Å². The summed E-state index contributed by atoms with van der Waals surface area (Å²) in [7, 11) is -3.65. The van der Waals surface area contributed by atoms with Gasteiger partial charge in [-0.05, 0) is 52.7 Å². The van der Waals surface area contributed by atoms with Gasteiger partial charge in [0.25, 0.3) is 10.0 Å². The Labute approximate surface area is 137 Å². The molecule has 21 heavy (non-hydrogen) atoms. The van der Waals surface area contributed by atoms with Gasteiger partial charge in [0.2, 0.25) is 0 Å². The Hall–Kier alpha value is -1.37. The summed E-state index contributed by atoms with van der Waals surface area (Å²) in [4.78, 5) is 2.34. The second-order valence-corrected chi connectivity index (χ2v) is 7.26. The van der Waals surface area contributed by atoms with Crippen molar-refractivity contribution in [1.29, 1.82) is 0 Å². The SMILES string of the molecule is Cc1ccc(S(=O)(=O)N/N=C/c2ccc(Cl)c(Br)c2)cc1. The zero-order valence-corrected chi connectivity index (χ0v) is 14.2. The van der Waals surface area contributed by atoms with Crippen molar-refractivity contribution in [3.8, 4) is 0 Å². The van der Waals surface area contributed by atoms with Gasteiger partial charge in [0.15, 0.2) is 0 Å². The van der Waals surface area contributed by atoms with Gasteiger partial charge in [-0.25, -0.2) is 4.83 Å². The molecule has 2 rings (SSSR count). The fourth-order valence-electron chi connectivity index (χ4n) is 1.53. The van der Waals surface area contributed by atoms with E-state index in [0.717, 1.165) is 15.6 Å². The Morgan fingerprint density at radius 2 is 1.86 bits per heavy atom. The molecule has 110 valence electrons. The van der Waals surface area contributed by atoms with Crippen LogP contribution in [0.25, 0.3) is 0 Å². The molecule has 4 nitrogen and oxygen atoms in total. The van der Waals surface area contributed by atoms with E-state index in [-0.39, 0.29) is 4.90 Å². The molecule has 0 saturated heterocycles. The highest BCUT2D eigenvalue weighted by molar-refractivity contribution is 9.10. The second kappa shape index (κ2) is 6.60. The molecule has 7 heteroatoms. The summed E-state index contributed by atoms with van der Waals surface area (Å²) in [6.07, 6.45) is 1.41. The molecule has 0 saturated carbocycles. The van der Waals surface area contributed by atoms with Crippen molar-refractivity contribution < 1.29 is 8.42 Å². The lowest BCUT2D eigenvalue weighted by molar-refractivity contribution is 0.584. The van der Waals surface area contributed by atoms with Crippen molar-refractivity contribution in [2.24, 2.45) is 5.10 Å². The number of sulfonamides is 1. The normalized spacial score (nSPS) is 11.8. The van der Waals surface area contributed by atoms with Gasteiger partial charge >= 0.3 is 0 Å². The van der Waals surface area contributed by atoms with Gasteiger partial charge in [0, 0.05) is 4.47 Å². The molecule has 0 aliphatic heterocycles. The molecule has 0 bridgehead atoms. The van der Waals surface area contributed by atoms with Crippen molar-refractivity contribution in [1.82, 2.24) is 4.83 Å². The van der Waals surface area contributed by atoms with Crippen LogP contribution in [0, 0.1) is 6.92 Å². The number of hydrogen-bond donors (Lipinski definition) is 1. The van der Waals surface area contributed by atoms with Gasteiger partial charge in [-0.2, -0.15) is 13.5 Å². The molecule has 0 aromatic heterocycles. The third kappa shape index (κ3) is 4.30. The lowest BCUT2D eigenvalue weighted by Crippen LogP contribution is -2.18. The third-order valence-corrected chi connectivity index (χ3v) is 5.11. The van der Waals surface area contributed by atoms with Gasteiger partial charge in [-0.1, -0.05) is 35.4 Å². The highest BCUT2D eigenvalue weighted by Crippen LogP contribution is 2.22. The summed E-state index contributed by atoms with van der Waals surface area (Å²) in [6.45, 7) is 1.89. The van der Waals surface area contributed by atoms with E-state index in [9.17, 15) is 8.42 Å². The number of rotatable bonds is 4. The van der Waals surface area contributed by atoms with E-state index in [1.807, 2.05) is 6.92 Å². The largest absolute Gasteiger partial charge is 0.276 e. The average molecular weight is 388 g/mol. The van der Waals surface area contributed by atoms with Crippen molar-refractivity contribution >= 4 is 43.8 Å². The fourth-order valence-corrected chi connectivity index (χ4v) is 2.84. The van der Waals surface area contributed by atoms with Crippen LogP contribution in [0.1, 0.15) is 11.1 Å². The summed E-state index contributed by atoms with van der Waals surface area (Å²) < 4.78 is 24.7. The molecule has 2 aromatic rings.